The predicted molar refractivity (Wildman–Crippen MR) is 58.6 cm³/mol. The lowest BCUT2D eigenvalue weighted by molar-refractivity contribution is -0.117. The molecule has 0 unspecified atom stereocenters. The molecule has 2 rings (SSSR count). The SMILES string of the molecule is Cc1cccnc1NC(=O)CC1CNC1. The molecular weight excluding hydrogens is 190 g/mol. The number of nitrogens with zero attached hydrogens (tertiary/aromatic N) is 1. The van der Waals surface area contributed by atoms with Crippen LogP contribution in [0.15, 0.2) is 18.3 Å². The van der Waals surface area contributed by atoms with E-state index >= 15 is 0 Å². The first-order chi connectivity index (χ1) is 7.25. The normalized spacial score (nSPS) is 15.8. The van der Waals surface area contributed by atoms with Gasteiger partial charge in [0.05, 0.1) is 0 Å². The number of pyridine rings is 1. The van der Waals surface area contributed by atoms with E-state index in [1.165, 1.54) is 0 Å². The molecule has 80 valence electrons. The fourth-order valence-corrected chi connectivity index (χ4v) is 1.55. The first-order valence-electron chi connectivity index (χ1n) is 5.18. The Morgan fingerprint density at radius 3 is 3.07 bits per heavy atom. The molecule has 0 spiro atoms. The number of aryl methyl sites for hydroxylation is 1. The molecule has 1 fully saturated rings. The molecule has 0 aromatic carbocycles. The Hall–Kier alpha value is -1.42. The number of hydrogen-bond acceptors (Lipinski definition) is 3. The molecular formula is C11H15N3O. The molecule has 2 heterocycles. The summed E-state index contributed by atoms with van der Waals surface area (Å²) in [6.07, 6.45) is 2.27. The number of hydrogen-bond donors (Lipinski definition) is 2. The molecule has 4 heteroatoms. The van der Waals surface area contributed by atoms with Crippen molar-refractivity contribution in [3.05, 3.63) is 23.9 Å². The second-order valence-corrected chi connectivity index (χ2v) is 3.95. The zero-order valence-electron chi connectivity index (χ0n) is 8.79. The van der Waals surface area contributed by atoms with Crippen LogP contribution in [0.2, 0.25) is 0 Å². The van der Waals surface area contributed by atoms with E-state index in [1.54, 1.807) is 6.20 Å². The maximum Gasteiger partial charge on any atom is 0.225 e. The van der Waals surface area contributed by atoms with Crippen LogP contribution in [-0.4, -0.2) is 24.0 Å². The van der Waals surface area contributed by atoms with Gasteiger partial charge in [-0.1, -0.05) is 6.07 Å². The first-order valence-corrected chi connectivity index (χ1v) is 5.18. The van der Waals surface area contributed by atoms with E-state index in [0.717, 1.165) is 18.7 Å². The summed E-state index contributed by atoms with van der Waals surface area (Å²) in [6.45, 7) is 3.84. The summed E-state index contributed by atoms with van der Waals surface area (Å²) in [6, 6.07) is 3.80. The topological polar surface area (TPSA) is 54.0 Å². The van der Waals surface area contributed by atoms with E-state index in [-0.39, 0.29) is 5.91 Å². The summed E-state index contributed by atoms with van der Waals surface area (Å²) >= 11 is 0. The van der Waals surface area contributed by atoms with Crippen LogP contribution in [0.4, 0.5) is 5.82 Å². The third kappa shape index (κ3) is 2.53. The van der Waals surface area contributed by atoms with Crippen molar-refractivity contribution in [3.63, 3.8) is 0 Å². The van der Waals surface area contributed by atoms with Gasteiger partial charge in [0.2, 0.25) is 5.91 Å². The van der Waals surface area contributed by atoms with Gasteiger partial charge in [-0.3, -0.25) is 4.79 Å². The summed E-state index contributed by atoms with van der Waals surface area (Å²) in [5, 5.41) is 5.98. The molecule has 0 radical (unpaired) electrons. The molecule has 1 amide bonds. The van der Waals surface area contributed by atoms with E-state index in [2.05, 4.69) is 15.6 Å². The van der Waals surface area contributed by atoms with Crippen molar-refractivity contribution in [3.8, 4) is 0 Å². The summed E-state index contributed by atoms with van der Waals surface area (Å²) in [5.41, 5.74) is 0.998. The maximum absolute atomic E-state index is 11.6. The maximum atomic E-state index is 11.6. The molecule has 0 atom stereocenters. The standard InChI is InChI=1S/C11H15N3O/c1-8-3-2-4-13-11(8)14-10(15)5-9-6-12-7-9/h2-4,9,12H,5-7H2,1H3,(H,13,14,15). The minimum Gasteiger partial charge on any atom is -0.316 e. The highest BCUT2D eigenvalue weighted by molar-refractivity contribution is 5.90. The second kappa shape index (κ2) is 4.40. The van der Waals surface area contributed by atoms with Gasteiger partial charge in [-0.05, 0) is 37.6 Å². The number of rotatable bonds is 3. The Labute approximate surface area is 89.1 Å². The van der Waals surface area contributed by atoms with Crippen LogP contribution in [-0.2, 0) is 4.79 Å². The minimum absolute atomic E-state index is 0.0586. The monoisotopic (exact) mass is 205 g/mol. The molecule has 15 heavy (non-hydrogen) atoms. The Kier molecular flexibility index (Phi) is 2.97. The largest absolute Gasteiger partial charge is 0.316 e. The summed E-state index contributed by atoms with van der Waals surface area (Å²) in [5.74, 6) is 1.23. The highest BCUT2D eigenvalue weighted by Crippen LogP contribution is 2.12. The molecule has 0 aliphatic carbocycles. The van der Waals surface area contributed by atoms with Crippen molar-refractivity contribution in [1.82, 2.24) is 10.3 Å². The van der Waals surface area contributed by atoms with Crippen LogP contribution in [0.5, 0.6) is 0 Å². The molecule has 1 saturated heterocycles. The van der Waals surface area contributed by atoms with E-state index in [0.29, 0.717) is 18.2 Å². The van der Waals surface area contributed by atoms with Crippen LogP contribution >= 0.6 is 0 Å². The Balaban J connectivity index is 1.90. The van der Waals surface area contributed by atoms with Crippen LogP contribution in [0.3, 0.4) is 0 Å². The van der Waals surface area contributed by atoms with Gasteiger partial charge < -0.3 is 10.6 Å². The van der Waals surface area contributed by atoms with Crippen LogP contribution in [0.25, 0.3) is 0 Å². The van der Waals surface area contributed by atoms with Gasteiger partial charge in [-0.15, -0.1) is 0 Å². The van der Waals surface area contributed by atoms with Crippen molar-refractivity contribution < 1.29 is 4.79 Å². The fourth-order valence-electron chi connectivity index (χ4n) is 1.55. The van der Waals surface area contributed by atoms with Crippen molar-refractivity contribution >= 4 is 11.7 Å². The van der Waals surface area contributed by atoms with Gasteiger partial charge in [0.1, 0.15) is 5.82 Å². The number of aromatic nitrogens is 1. The molecule has 2 N–H and O–H groups in total. The molecule has 1 aliphatic heterocycles. The summed E-state index contributed by atoms with van der Waals surface area (Å²) in [4.78, 5) is 15.7. The number of nitrogens with one attached hydrogen (secondary N) is 2. The summed E-state index contributed by atoms with van der Waals surface area (Å²) < 4.78 is 0. The summed E-state index contributed by atoms with van der Waals surface area (Å²) in [7, 11) is 0. The number of anilines is 1. The minimum atomic E-state index is 0.0586. The number of carbonyl (C=O) groups excluding carboxylic acids is 1. The fraction of sp³-hybridized carbons (Fsp3) is 0.455. The smallest absolute Gasteiger partial charge is 0.225 e. The van der Waals surface area contributed by atoms with E-state index < -0.39 is 0 Å². The van der Waals surface area contributed by atoms with E-state index in [4.69, 9.17) is 0 Å². The highest BCUT2D eigenvalue weighted by atomic mass is 16.1. The average molecular weight is 205 g/mol. The Bertz CT molecular complexity index is 361. The molecule has 4 nitrogen and oxygen atoms in total. The van der Waals surface area contributed by atoms with E-state index in [9.17, 15) is 4.79 Å². The molecule has 0 saturated carbocycles. The van der Waals surface area contributed by atoms with Crippen molar-refractivity contribution in [2.45, 2.75) is 13.3 Å². The van der Waals surface area contributed by atoms with Crippen LogP contribution in [0.1, 0.15) is 12.0 Å². The van der Waals surface area contributed by atoms with Crippen LogP contribution in [0, 0.1) is 12.8 Å². The quantitative estimate of drug-likeness (QED) is 0.772. The third-order valence-corrected chi connectivity index (χ3v) is 2.61. The van der Waals surface area contributed by atoms with Gasteiger partial charge in [0.15, 0.2) is 0 Å². The Morgan fingerprint density at radius 2 is 2.47 bits per heavy atom. The molecule has 1 aromatic rings. The lowest BCUT2D eigenvalue weighted by Gasteiger charge is -2.26. The van der Waals surface area contributed by atoms with Crippen molar-refractivity contribution in [1.29, 1.82) is 0 Å². The first kappa shape index (κ1) is 10.1. The second-order valence-electron chi connectivity index (χ2n) is 3.95. The molecule has 1 aliphatic rings. The Morgan fingerprint density at radius 1 is 1.67 bits per heavy atom. The highest BCUT2D eigenvalue weighted by Gasteiger charge is 2.20. The zero-order chi connectivity index (χ0) is 10.7. The van der Waals surface area contributed by atoms with Gasteiger partial charge in [-0.2, -0.15) is 0 Å². The van der Waals surface area contributed by atoms with Crippen LogP contribution < -0.4 is 10.6 Å². The van der Waals surface area contributed by atoms with Gasteiger partial charge in [0, 0.05) is 12.6 Å². The molecule has 1 aromatic heterocycles. The van der Waals surface area contributed by atoms with Crippen molar-refractivity contribution in [2.75, 3.05) is 18.4 Å². The lowest BCUT2D eigenvalue weighted by atomic mass is 9.99. The average Bonchev–Trinajstić information content (AvgIpc) is 2.16. The molecule has 0 bridgehead atoms. The lowest BCUT2D eigenvalue weighted by Crippen LogP contribution is -2.43. The van der Waals surface area contributed by atoms with Crippen molar-refractivity contribution in [2.24, 2.45) is 5.92 Å². The van der Waals surface area contributed by atoms with Gasteiger partial charge >= 0.3 is 0 Å². The predicted octanol–water partition coefficient (Wildman–Crippen LogP) is 0.938. The van der Waals surface area contributed by atoms with Gasteiger partial charge in [-0.25, -0.2) is 4.98 Å². The zero-order valence-corrected chi connectivity index (χ0v) is 8.79. The van der Waals surface area contributed by atoms with E-state index in [1.807, 2.05) is 19.1 Å². The number of amides is 1. The number of carbonyl (C=O) groups is 1. The van der Waals surface area contributed by atoms with Gasteiger partial charge in [0.25, 0.3) is 0 Å². The third-order valence-electron chi connectivity index (χ3n) is 2.61.